The minimum Gasteiger partial charge on any atom is -0.316 e. The lowest BCUT2D eigenvalue weighted by Crippen LogP contribution is -2.23. The van der Waals surface area contributed by atoms with Gasteiger partial charge in [-0.25, -0.2) is 12.7 Å². The van der Waals surface area contributed by atoms with Gasteiger partial charge >= 0.3 is 0 Å². The molecule has 1 aromatic carbocycles. The van der Waals surface area contributed by atoms with Gasteiger partial charge in [0.15, 0.2) is 0 Å². The van der Waals surface area contributed by atoms with E-state index in [0.717, 1.165) is 11.1 Å². The van der Waals surface area contributed by atoms with Crippen LogP contribution in [-0.2, 0) is 23.0 Å². The summed E-state index contributed by atoms with van der Waals surface area (Å²) in [5.41, 5.74) is 1.84. The normalized spacial score (nSPS) is 12.1. The molecule has 0 saturated carbocycles. The number of nitrogens with zero attached hydrogens (tertiary/aromatic N) is 1. The summed E-state index contributed by atoms with van der Waals surface area (Å²) in [4.78, 5) is 0.415. The second-order valence-corrected chi connectivity index (χ2v) is 6.23. The Hall–Kier alpha value is -0.910. The highest BCUT2D eigenvalue weighted by Gasteiger charge is 2.20. The Morgan fingerprint density at radius 1 is 1.29 bits per heavy atom. The van der Waals surface area contributed by atoms with E-state index in [1.807, 2.05) is 26.1 Å². The topological polar surface area (TPSA) is 49.4 Å². The van der Waals surface area contributed by atoms with Crippen molar-refractivity contribution in [1.82, 2.24) is 9.62 Å². The number of sulfonamides is 1. The molecule has 0 saturated heterocycles. The summed E-state index contributed by atoms with van der Waals surface area (Å²) in [5, 5.41) is 3.02. The van der Waals surface area contributed by atoms with Gasteiger partial charge in [0.05, 0.1) is 4.90 Å². The van der Waals surface area contributed by atoms with Crippen LogP contribution in [0.1, 0.15) is 18.1 Å². The summed E-state index contributed by atoms with van der Waals surface area (Å²) < 4.78 is 25.6. The predicted octanol–water partition coefficient (Wildman–Crippen LogP) is 1.22. The van der Waals surface area contributed by atoms with E-state index >= 15 is 0 Å². The summed E-state index contributed by atoms with van der Waals surface area (Å²) in [7, 11) is 1.60. The number of hydrogen-bond donors (Lipinski definition) is 1. The van der Waals surface area contributed by atoms with E-state index in [0.29, 0.717) is 17.9 Å². The fourth-order valence-corrected chi connectivity index (χ4v) is 2.88. The van der Waals surface area contributed by atoms with Crippen LogP contribution < -0.4 is 5.32 Å². The van der Waals surface area contributed by atoms with Gasteiger partial charge in [0.25, 0.3) is 0 Å². The van der Waals surface area contributed by atoms with Crippen molar-refractivity contribution in [3.63, 3.8) is 0 Å². The molecule has 1 rings (SSSR count). The second kappa shape index (κ2) is 5.62. The molecule has 0 bridgehead atoms. The van der Waals surface area contributed by atoms with Crippen molar-refractivity contribution < 1.29 is 8.42 Å². The Bertz CT molecular complexity index is 481. The first-order valence-electron chi connectivity index (χ1n) is 5.62. The fraction of sp³-hybridized carbons (Fsp3) is 0.500. The van der Waals surface area contributed by atoms with Crippen molar-refractivity contribution in [3.05, 3.63) is 29.3 Å². The van der Waals surface area contributed by atoms with Crippen LogP contribution in [-0.4, -0.2) is 33.9 Å². The maximum Gasteiger partial charge on any atom is 0.242 e. The Labute approximate surface area is 104 Å². The lowest BCUT2D eigenvalue weighted by atomic mass is 10.1. The summed E-state index contributed by atoms with van der Waals surface area (Å²) in [6.07, 6.45) is 0.711. The molecule has 17 heavy (non-hydrogen) atoms. The second-order valence-electron chi connectivity index (χ2n) is 4.11. The largest absolute Gasteiger partial charge is 0.316 e. The fourth-order valence-electron chi connectivity index (χ4n) is 1.64. The first kappa shape index (κ1) is 14.2. The quantitative estimate of drug-likeness (QED) is 0.861. The SMILES string of the molecule is CCc1ccc(CNC)cc1S(=O)(=O)N(C)C. The van der Waals surface area contributed by atoms with Crippen LogP contribution in [0.4, 0.5) is 0 Å². The average molecular weight is 256 g/mol. The zero-order valence-electron chi connectivity index (χ0n) is 10.8. The highest BCUT2D eigenvalue weighted by Crippen LogP contribution is 2.21. The van der Waals surface area contributed by atoms with Crippen LogP contribution in [0.2, 0.25) is 0 Å². The number of aryl methyl sites for hydroxylation is 1. The van der Waals surface area contributed by atoms with Gasteiger partial charge < -0.3 is 5.32 Å². The van der Waals surface area contributed by atoms with E-state index in [1.54, 1.807) is 20.2 Å². The van der Waals surface area contributed by atoms with Crippen molar-refractivity contribution in [2.45, 2.75) is 24.8 Å². The van der Waals surface area contributed by atoms with Crippen molar-refractivity contribution in [3.8, 4) is 0 Å². The van der Waals surface area contributed by atoms with Gasteiger partial charge in [0, 0.05) is 20.6 Å². The van der Waals surface area contributed by atoms with Gasteiger partial charge in [-0.15, -0.1) is 0 Å². The van der Waals surface area contributed by atoms with E-state index < -0.39 is 10.0 Å². The zero-order chi connectivity index (χ0) is 13.1. The summed E-state index contributed by atoms with van der Waals surface area (Å²) in [5.74, 6) is 0. The van der Waals surface area contributed by atoms with Crippen LogP contribution in [0.3, 0.4) is 0 Å². The molecule has 0 heterocycles. The number of rotatable bonds is 5. The Morgan fingerprint density at radius 3 is 2.41 bits per heavy atom. The molecule has 1 aromatic rings. The highest BCUT2D eigenvalue weighted by molar-refractivity contribution is 7.89. The molecule has 0 amide bonds. The molecule has 0 atom stereocenters. The van der Waals surface area contributed by atoms with Gasteiger partial charge in [0.1, 0.15) is 0 Å². The number of benzene rings is 1. The molecule has 0 aliphatic rings. The minimum absolute atomic E-state index is 0.415. The molecule has 0 fully saturated rings. The summed E-state index contributed by atoms with van der Waals surface area (Å²) >= 11 is 0. The van der Waals surface area contributed by atoms with E-state index in [2.05, 4.69) is 5.32 Å². The van der Waals surface area contributed by atoms with E-state index in [9.17, 15) is 8.42 Å². The van der Waals surface area contributed by atoms with E-state index in [-0.39, 0.29) is 0 Å². The van der Waals surface area contributed by atoms with Gasteiger partial charge in [-0.2, -0.15) is 0 Å². The third-order valence-corrected chi connectivity index (χ3v) is 4.55. The first-order valence-corrected chi connectivity index (χ1v) is 7.06. The van der Waals surface area contributed by atoms with Gasteiger partial charge in [0.2, 0.25) is 10.0 Å². The monoisotopic (exact) mass is 256 g/mol. The molecule has 0 unspecified atom stereocenters. The maximum atomic E-state index is 12.2. The smallest absolute Gasteiger partial charge is 0.242 e. The molecule has 96 valence electrons. The van der Waals surface area contributed by atoms with E-state index in [1.165, 1.54) is 4.31 Å². The van der Waals surface area contributed by atoms with Crippen LogP contribution in [0.15, 0.2) is 23.1 Å². The predicted molar refractivity (Wildman–Crippen MR) is 69.5 cm³/mol. The summed E-state index contributed by atoms with van der Waals surface area (Å²) in [6, 6.07) is 5.61. The van der Waals surface area contributed by atoms with Crippen LogP contribution in [0.5, 0.6) is 0 Å². The van der Waals surface area contributed by atoms with Crippen molar-refractivity contribution >= 4 is 10.0 Å². The minimum atomic E-state index is -3.35. The van der Waals surface area contributed by atoms with Gasteiger partial charge in [-0.05, 0) is 30.7 Å². The molecule has 0 radical (unpaired) electrons. The molecule has 0 aromatic heterocycles. The Balaban J connectivity index is 3.33. The molecule has 0 spiro atoms. The number of nitrogens with one attached hydrogen (secondary N) is 1. The molecular formula is C12H20N2O2S. The van der Waals surface area contributed by atoms with Gasteiger partial charge in [-0.1, -0.05) is 19.1 Å². The third kappa shape index (κ3) is 3.06. The molecule has 1 N–H and O–H groups in total. The maximum absolute atomic E-state index is 12.2. The number of hydrogen-bond acceptors (Lipinski definition) is 3. The molecule has 5 heteroatoms. The van der Waals surface area contributed by atoms with Crippen LogP contribution >= 0.6 is 0 Å². The average Bonchev–Trinajstić information content (AvgIpc) is 2.29. The standard InChI is InChI=1S/C12H20N2O2S/c1-5-11-7-6-10(9-13-2)8-12(11)17(15,16)14(3)4/h6-8,13H,5,9H2,1-4H3. The summed E-state index contributed by atoms with van der Waals surface area (Å²) in [6.45, 7) is 2.63. The van der Waals surface area contributed by atoms with Gasteiger partial charge in [-0.3, -0.25) is 0 Å². The highest BCUT2D eigenvalue weighted by atomic mass is 32.2. The van der Waals surface area contributed by atoms with Crippen molar-refractivity contribution in [2.24, 2.45) is 0 Å². The molecular weight excluding hydrogens is 236 g/mol. The third-order valence-electron chi connectivity index (χ3n) is 2.65. The van der Waals surface area contributed by atoms with Crippen molar-refractivity contribution in [2.75, 3.05) is 21.1 Å². The molecule has 0 aliphatic carbocycles. The zero-order valence-corrected chi connectivity index (χ0v) is 11.6. The Morgan fingerprint density at radius 2 is 1.94 bits per heavy atom. The first-order chi connectivity index (χ1) is 7.93. The molecule has 4 nitrogen and oxygen atoms in total. The lowest BCUT2D eigenvalue weighted by Gasteiger charge is -2.15. The van der Waals surface area contributed by atoms with Crippen molar-refractivity contribution in [1.29, 1.82) is 0 Å². The van der Waals surface area contributed by atoms with E-state index in [4.69, 9.17) is 0 Å². The van der Waals surface area contributed by atoms with Crippen LogP contribution in [0.25, 0.3) is 0 Å². The Kier molecular flexibility index (Phi) is 4.68. The molecule has 0 aliphatic heterocycles. The van der Waals surface area contributed by atoms with Crippen LogP contribution in [0, 0.1) is 0 Å². The lowest BCUT2D eigenvalue weighted by molar-refractivity contribution is 0.519.